The molecular weight excluding hydrogens is 242 g/mol. The summed E-state index contributed by atoms with van der Waals surface area (Å²) in [6, 6.07) is 0. The highest BCUT2D eigenvalue weighted by atomic mass is 32.1. The lowest BCUT2D eigenvalue weighted by atomic mass is 9.86. The van der Waals surface area contributed by atoms with Crippen LogP contribution in [-0.2, 0) is 0 Å². The molecule has 1 aliphatic carbocycles. The van der Waals surface area contributed by atoms with Gasteiger partial charge in [-0.25, -0.2) is 4.98 Å². The summed E-state index contributed by atoms with van der Waals surface area (Å²) in [5.41, 5.74) is 2.06. The zero-order valence-electron chi connectivity index (χ0n) is 10.3. The summed E-state index contributed by atoms with van der Waals surface area (Å²) in [5.74, 6) is 0.717. The van der Waals surface area contributed by atoms with Gasteiger partial charge in [0.15, 0.2) is 0 Å². The Morgan fingerprint density at radius 2 is 2.17 bits per heavy atom. The van der Waals surface area contributed by atoms with Crippen LogP contribution in [0.5, 0.6) is 0 Å². The van der Waals surface area contributed by atoms with Gasteiger partial charge in [0, 0.05) is 29.4 Å². The fraction of sp³-hybridized carbons (Fsp3) is 0.357. The smallest absolute Gasteiger partial charge is 0.0961 e. The number of thiazole rings is 1. The van der Waals surface area contributed by atoms with Crippen molar-refractivity contribution in [3.63, 3.8) is 0 Å². The molecule has 2 aromatic rings. The summed E-state index contributed by atoms with van der Waals surface area (Å²) in [7, 11) is 0. The molecule has 3 rings (SSSR count). The molecule has 0 radical (unpaired) electrons. The van der Waals surface area contributed by atoms with Gasteiger partial charge >= 0.3 is 0 Å². The predicted octanol–water partition coefficient (Wildman–Crippen LogP) is 3.76. The van der Waals surface area contributed by atoms with E-state index in [0.717, 1.165) is 11.3 Å². The van der Waals surface area contributed by atoms with Gasteiger partial charge < -0.3 is 0 Å². The van der Waals surface area contributed by atoms with Crippen LogP contribution >= 0.6 is 11.3 Å². The van der Waals surface area contributed by atoms with Crippen LogP contribution < -0.4 is 0 Å². The van der Waals surface area contributed by atoms with Crippen molar-refractivity contribution >= 4 is 23.0 Å². The first-order valence-electron chi connectivity index (χ1n) is 6.23. The molecule has 2 heterocycles. The number of nitrogens with zero attached hydrogens (tertiary/aromatic N) is 3. The molecule has 0 saturated heterocycles. The summed E-state index contributed by atoms with van der Waals surface area (Å²) in [4.78, 5) is 14.1. The first-order valence-corrected chi connectivity index (χ1v) is 7.05. The minimum atomic E-state index is 0.717. The fourth-order valence-corrected chi connectivity index (χ4v) is 3.09. The SMILES string of the molecule is C/C(=C/c1cnc(C2CCC2)s1)c1cnccn1. The van der Waals surface area contributed by atoms with Crippen molar-refractivity contribution in [1.82, 2.24) is 15.0 Å². The molecule has 4 heteroatoms. The minimum Gasteiger partial charge on any atom is -0.261 e. The second kappa shape index (κ2) is 4.98. The van der Waals surface area contributed by atoms with E-state index >= 15 is 0 Å². The van der Waals surface area contributed by atoms with Gasteiger partial charge in [-0.3, -0.25) is 9.97 Å². The first-order chi connectivity index (χ1) is 8.83. The molecule has 0 amide bonds. The molecule has 3 nitrogen and oxygen atoms in total. The third-order valence-corrected chi connectivity index (χ3v) is 4.43. The van der Waals surface area contributed by atoms with Crippen LogP contribution in [-0.4, -0.2) is 15.0 Å². The van der Waals surface area contributed by atoms with E-state index < -0.39 is 0 Å². The van der Waals surface area contributed by atoms with Gasteiger partial charge in [0.05, 0.1) is 16.9 Å². The first kappa shape index (κ1) is 11.5. The van der Waals surface area contributed by atoms with E-state index in [2.05, 4.69) is 28.0 Å². The van der Waals surface area contributed by atoms with Crippen molar-refractivity contribution < 1.29 is 0 Å². The molecule has 1 aliphatic rings. The van der Waals surface area contributed by atoms with Crippen molar-refractivity contribution in [3.05, 3.63) is 40.4 Å². The minimum absolute atomic E-state index is 0.717. The van der Waals surface area contributed by atoms with Gasteiger partial charge in [0.25, 0.3) is 0 Å². The van der Waals surface area contributed by atoms with Crippen LogP contribution in [0, 0.1) is 0 Å². The second-order valence-electron chi connectivity index (χ2n) is 4.65. The monoisotopic (exact) mass is 257 g/mol. The van der Waals surface area contributed by atoms with Crippen LogP contribution in [0.1, 0.15) is 47.7 Å². The van der Waals surface area contributed by atoms with E-state index in [9.17, 15) is 0 Å². The molecule has 0 N–H and O–H groups in total. The molecule has 18 heavy (non-hydrogen) atoms. The Morgan fingerprint density at radius 1 is 1.28 bits per heavy atom. The lowest BCUT2D eigenvalue weighted by molar-refractivity contribution is 0.418. The lowest BCUT2D eigenvalue weighted by Gasteiger charge is -2.22. The summed E-state index contributed by atoms with van der Waals surface area (Å²) in [6.07, 6.45) is 13.3. The molecule has 0 aromatic carbocycles. The highest BCUT2D eigenvalue weighted by molar-refractivity contribution is 7.12. The fourth-order valence-electron chi connectivity index (χ4n) is 2.00. The van der Waals surface area contributed by atoms with Crippen molar-refractivity contribution in [3.8, 4) is 0 Å². The Morgan fingerprint density at radius 3 is 2.83 bits per heavy atom. The van der Waals surface area contributed by atoms with E-state index in [1.54, 1.807) is 29.9 Å². The number of hydrogen-bond donors (Lipinski definition) is 0. The van der Waals surface area contributed by atoms with Gasteiger partial charge in [-0.05, 0) is 31.4 Å². The van der Waals surface area contributed by atoms with E-state index in [-0.39, 0.29) is 0 Å². The lowest BCUT2D eigenvalue weighted by Crippen LogP contribution is -2.07. The Labute approximate surface area is 111 Å². The van der Waals surface area contributed by atoms with Gasteiger partial charge in [0.1, 0.15) is 0 Å². The van der Waals surface area contributed by atoms with Gasteiger partial charge in [-0.15, -0.1) is 11.3 Å². The Bertz CT molecular complexity index is 555. The van der Waals surface area contributed by atoms with E-state index in [1.807, 2.05) is 6.20 Å². The van der Waals surface area contributed by atoms with Crippen molar-refractivity contribution in [2.75, 3.05) is 0 Å². The molecule has 1 saturated carbocycles. The van der Waals surface area contributed by atoms with E-state index in [1.165, 1.54) is 29.1 Å². The molecule has 92 valence electrons. The zero-order chi connectivity index (χ0) is 12.4. The van der Waals surface area contributed by atoms with Crippen LogP contribution in [0.4, 0.5) is 0 Å². The molecule has 0 atom stereocenters. The van der Waals surface area contributed by atoms with Crippen LogP contribution in [0.15, 0.2) is 24.8 Å². The molecule has 0 unspecified atom stereocenters. The van der Waals surface area contributed by atoms with Gasteiger partial charge in [0.2, 0.25) is 0 Å². The Kier molecular flexibility index (Phi) is 3.19. The normalized spacial score (nSPS) is 16.6. The van der Waals surface area contributed by atoms with Gasteiger partial charge in [-0.1, -0.05) is 6.42 Å². The third-order valence-electron chi connectivity index (χ3n) is 3.32. The average Bonchev–Trinajstić information content (AvgIpc) is 2.76. The summed E-state index contributed by atoms with van der Waals surface area (Å²) in [5, 5.41) is 1.29. The highest BCUT2D eigenvalue weighted by Crippen LogP contribution is 2.38. The Balaban J connectivity index is 1.80. The maximum Gasteiger partial charge on any atom is 0.0961 e. The molecule has 0 spiro atoms. The maximum absolute atomic E-state index is 4.52. The average molecular weight is 257 g/mol. The molecular formula is C14H15N3S. The summed E-state index contributed by atoms with van der Waals surface area (Å²) >= 11 is 1.80. The quantitative estimate of drug-likeness (QED) is 0.840. The van der Waals surface area contributed by atoms with Crippen LogP contribution in [0.25, 0.3) is 11.6 Å². The topological polar surface area (TPSA) is 38.7 Å². The van der Waals surface area contributed by atoms with Crippen LogP contribution in [0.3, 0.4) is 0 Å². The number of rotatable bonds is 3. The van der Waals surface area contributed by atoms with Crippen LogP contribution in [0.2, 0.25) is 0 Å². The van der Waals surface area contributed by atoms with E-state index in [0.29, 0.717) is 5.92 Å². The van der Waals surface area contributed by atoms with Crippen molar-refractivity contribution in [2.45, 2.75) is 32.1 Å². The van der Waals surface area contributed by atoms with E-state index in [4.69, 9.17) is 0 Å². The number of allylic oxidation sites excluding steroid dienone is 1. The summed E-state index contributed by atoms with van der Waals surface area (Å²) in [6.45, 7) is 2.06. The third kappa shape index (κ3) is 2.34. The standard InChI is InChI=1S/C14H15N3S/c1-10(13-9-15-5-6-16-13)7-12-8-17-14(18-12)11-3-2-4-11/h5-9,11H,2-4H2,1H3/b10-7-. The Hall–Kier alpha value is -1.55. The van der Waals surface area contributed by atoms with Crippen molar-refractivity contribution in [2.24, 2.45) is 0 Å². The number of aromatic nitrogens is 3. The van der Waals surface area contributed by atoms with Crippen molar-refractivity contribution in [1.29, 1.82) is 0 Å². The number of hydrogen-bond acceptors (Lipinski definition) is 4. The summed E-state index contributed by atoms with van der Waals surface area (Å²) < 4.78 is 0. The molecule has 2 aromatic heterocycles. The van der Waals surface area contributed by atoms with Gasteiger partial charge in [-0.2, -0.15) is 0 Å². The maximum atomic E-state index is 4.52. The predicted molar refractivity (Wildman–Crippen MR) is 74.3 cm³/mol. The largest absolute Gasteiger partial charge is 0.261 e. The zero-order valence-corrected chi connectivity index (χ0v) is 11.2. The second-order valence-corrected chi connectivity index (χ2v) is 5.74. The molecule has 0 aliphatic heterocycles. The molecule has 1 fully saturated rings. The molecule has 0 bridgehead atoms. The highest BCUT2D eigenvalue weighted by Gasteiger charge is 2.22.